The number of nitrogens with two attached hydrogens (primary N) is 1. The maximum Gasteiger partial charge on any atom is 0.193 e. The SMILES string of the molecule is CC(CC(=N)N)c1cccc(C(=O)c2ccccc2)c1. The van der Waals surface area contributed by atoms with E-state index in [0.717, 1.165) is 5.56 Å². The Hall–Kier alpha value is -2.42. The highest BCUT2D eigenvalue weighted by molar-refractivity contribution is 6.09. The molecule has 2 aromatic rings. The van der Waals surface area contributed by atoms with E-state index in [1.165, 1.54) is 0 Å². The highest BCUT2D eigenvalue weighted by Gasteiger charge is 2.12. The molecule has 3 nitrogen and oxygen atoms in total. The number of nitrogens with one attached hydrogen (secondary N) is 1. The van der Waals surface area contributed by atoms with Crippen molar-refractivity contribution in [2.24, 2.45) is 5.73 Å². The summed E-state index contributed by atoms with van der Waals surface area (Å²) in [5.41, 5.74) is 7.82. The predicted molar refractivity (Wildman–Crippen MR) is 81.3 cm³/mol. The van der Waals surface area contributed by atoms with Crippen LogP contribution in [0.3, 0.4) is 0 Å². The van der Waals surface area contributed by atoms with Crippen LogP contribution in [0, 0.1) is 5.41 Å². The van der Waals surface area contributed by atoms with Crippen LogP contribution in [0.1, 0.15) is 40.7 Å². The van der Waals surface area contributed by atoms with E-state index in [9.17, 15) is 4.79 Å². The Morgan fingerprint density at radius 3 is 2.40 bits per heavy atom. The maximum atomic E-state index is 12.4. The van der Waals surface area contributed by atoms with E-state index in [1.54, 1.807) is 0 Å². The van der Waals surface area contributed by atoms with Gasteiger partial charge in [0.05, 0.1) is 5.84 Å². The van der Waals surface area contributed by atoms with Gasteiger partial charge in [-0.05, 0) is 17.5 Å². The van der Waals surface area contributed by atoms with Crippen molar-refractivity contribution in [1.29, 1.82) is 5.41 Å². The fourth-order valence-electron chi connectivity index (χ4n) is 2.19. The van der Waals surface area contributed by atoms with Gasteiger partial charge in [-0.3, -0.25) is 10.2 Å². The Bertz CT molecular complexity index is 620. The first-order valence-corrected chi connectivity index (χ1v) is 6.60. The van der Waals surface area contributed by atoms with Gasteiger partial charge in [0.1, 0.15) is 0 Å². The first-order chi connectivity index (χ1) is 9.58. The fourth-order valence-corrected chi connectivity index (χ4v) is 2.19. The van der Waals surface area contributed by atoms with Crippen LogP contribution in [0.25, 0.3) is 0 Å². The first kappa shape index (κ1) is 14.0. The van der Waals surface area contributed by atoms with E-state index in [-0.39, 0.29) is 17.5 Å². The molecule has 0 aliphatic carbocycles. The summed E-state index contributed by atoms with van der Waals surface area (Å²) >= 11 is 0. The zero-order valence-corrected chi connectivity index (χ0v) is 11.5. The van der Waals surface area contributed by atoms with Crippen molar-refractivity contribution in [2.75, 3.05) is 0 Å². The van der Waals surface area contributed by atoms with Crippen LogP contribution in [-0.4, -0.2) is 11.6 Å². The number of carbonyl (C=O) groups excluding carboxylic acids is 1. The molecule has 0 aliphatic rings. The lowest BCUT2D eigenvalue weighted by Crippen LogP contribution is -2.13. The minimum atomic E-state index is 0.0162. The Balaban J connectivity index is 2.26. The van der Waals surface area contributed by atoms with Gasteiger partial charge in [0.15, 0.2) is 5.78 Å². The lowest BCUT2D eigenvalue weighted by molar-refractivity contribution is 0.103. The van der Waals surface area contributed by atoms with Gasteiger partial charge in [-0.25, -0.2) is 0 Å². The molecule has 0 bridgehead atoms. The molecule has 0 radical (unpaired) electrons. The van der Waals surface area contributed by atoms with E-state index < -0.39 is 0 Å². The average molecular weight is 266 g/mol. The molecule has 3 N–H and O–H groups in total. The second-order valence-corrected chi connectivity index (χ2v) is 4.95. The molecule has 102 valence electrons. The largest absolute Gasteiger partial charge is 0.388 e. The molecule has 3 heteroatoms. The van der Waals surface area contributed by atoms with Crippen molar-refractivity contribution in [3.8, 4) is 0 Å². The lowest BCUT2D eigenvalue weighted by Gasteiger charge is -2.12. The van der Waals surface area contributed by atoms with Crippen LogP contribution in [-0.2, 0) is 0 Å². The average Bonchev–Trinajstić information content (AvgIpc) is 2.47. The van der Waals surface area contributed by atoms with Crippen molar-refractivity contribution >= 4 is 11.6 Å². The molecule has 2 aromatic carbocycles. The normalized spacial score (nSPS) is 11.8. The number of rotatable bonds is 5. The van der Waals surface area contributed by atoms with Crippen LogP contribution in [0.2, 0.25) is 0 Å². The lowest BCUT2D eigenvalue weighted by atomic mass is 9.93. The van der Waals surface area contributed by atoms with Gasteiger partial charge in [-0.15, -0.1) is 0 Å². The topological polar surface area (TPSA) is 66.9 Å². The summed E-state index contributed by atoms with van der Waals surface area (Å²) in [5.74, 6) is 0.316. The summed E-state index contributed by atoms with van der Waals surface area (Å²) in [6.45, 7) is 2.01. The molecule has 0 fully saturated rings. The van der Waals surface area contributed by atoms with Crippen molar-refractivity contribution in [3.05, 3.63) is 71.3 Å². The second kappa shape index (κ2) is 6.15. The predicted octanol–water partition coefficient (Wildman–Crippen LogP) is 3.35. The van der Waals surface area contributed by atoms with E-state index in [2.05, 4.69) is 0 Å². The summed E-state index contributed by atoms with van der Waals surface area (Å²) in [4.78, 5) is 12.4. The second-order valence-electron chi connectivity index (χ2n) is 4.95. The molecule has 0 spiro atoms. The summed E-state index contributed by atoms with van der Waals surface area (Å²) in [6.07, 6.45) is 0.503. The fraction of sp³-hybridized carbons (Fsp3) is 0.176. The quantitative estimate of drug-likeness (QED) is 0.495. The van der Waals surface area contributed by atoms with Crippen molar-refractivity contribution < 1.29 is 4.79 Å². The van der Waals surface area contributed by atoms with Crippen LogP contribution >= 0.6 is 0 Å². The highest BCUT2D eigenvalue weighted by atomic mass is 16.1. The Morgan fingerprint density at radius 1 is 1.10 bits per heavy atom. The number of hydrogen-bond donors (Lipinski definition) is 2. The van der Waals surface area contributed by atoms with Gasteiger partial charge < -0.3 is 5.73 Å². The first-order valence-electron chi connectivity index (χ1n) is 6.60. The molecule has 0 amide bonds. The summed E-state index contributed by atoms with van der Waals surface area (Å²) < 4.78 is 0. The monoisotopic (exact) mass is 266 g/mol. The summed E-state index contributed by atoms with van der Waals surface area (Å²) in [5, 5.41) is 7.36. The molecule has 0 aliphatic heterocycles. The highest BCUT2D eigenvalue weighted by Crippen LogP contribution is 2.21. The molecule has 1 atom stereocenters. The Morgan fingerprint density at radius 2 is 1.75 bits per heavy atom. The van der Waals surface area contributed by atoms with Crippen molar-refractivity contribution in [2.45, 2.75) is 19.3 Å². The smallest absolute Gasteiger partial charge is 0.193 e. The minimum Gasteiger partial charge on any atom is -0.388 e. The Labute approximate surface area is 118 Å². The molecular weight excluding hydrogens is 248 g/mol. The summed E-state index contributed by atoms with van der Waals surface area (Å²) in [7, 11) is 0. The number of ketones is 1. The maximum absolute atomic E-state index is 12.4. The van der Waals surface area contributed by atoms with Crippen molar-refractivity contribution in [3.63, 3.8) is 0 Å². The van der Waals surface area contributed by atoms with Crippen LogP contribution in [0.15, 0.2) is 54.6 Å². The summed E-state index contributed by atoms with van der Waals surface area (Å²) in [6, 6.07) is 16.8. The third kappa shape index (κ3) is 3.32. The van der Waals surface area contributed by atoms with E-state index in [0.29, 0.717) is 17.5 Å². The van der Waals surface area contributed by atoms with Gasteiger partial charge in [-0.1, -0.05) is 55.5 Å². The Kier molecular flexibility index (Phi) is 4.31. The number of benzene rings is 2. The third-order valence-electron chi connectivity index (χ3n) is 3.28. The van der Waals surface area contributed by atoms with Crippen LogP contribution in [0.4, 0.5) is 0 Å². The number of amidine groups is 1. The van der Waals surface area contributed by atoms with Gasteiger partial charge in [0, 0.05) is 17.5 Å². The number of carbonyl (C=O) groups is 1. The third-order valence-corrected chi connectivity index (χ3v) is 3.28. The van der Waals surface area contributed by atoms with Gasteiger partial charge in [0.2, 0.25) is 0 Å². The molecule has 0 heterocycles. The molecule has 20 heavy (non-hydrogen) atoms. The van der Waals surface area contributed by atoms with Crippen LogP contribution < -0.4 is 5.73 Å². The van der Waals surface area contributed by atoms with Gasteiger partial charge >= 0.3 is 0 Å². The van der Waals surface area contributed by atoms with Crippen molar-refractivity contribution in [1.82, 2.24) is 0 Å². The van der Waals surface area contributed by atoms with E-state index >= 15 is 0 Å². The number of hydrogen-bond acceptors (Lipinski definition) is 2. The molecule has 2 rings (SSSR count). The molecule has 1 unspecified atom stereocenters. The standard InChI is InChI=1S/C17H18N2O/c1-12(10-16(18)19)14-8-5-9-15(11-14)17(20)13-6-3-2-4-7-13/h2-9,11-12H,10H2,1H3,(H3,18,19). The molecular formula is C17H18N2O. The van der Waals surface area contributed by atoms with Gasteiger partial charge in [-0.2, -0.15) is 0 Å². The minimum absolute atomic E-state index is 0.0162. The van der Waals surface area contributed by atoms with E-state index in [1.807, 2.05) is 61.5 Å². The van der Waals surface area contributed by atoms with E-state index in [4.69, 9.17) is 11.1 Å². The zero-order chi connectivity index (χ0) is 14.5. The van der Waals surface area contributed by atoms with Gasteiger partial charge in [0.25, 0.3) is 0 Å². The molecule has 0 saturated heterocycles. The van der Waals surface area contributed by atoms with Crippen LogP contribution in [0.5, 0.6) is 0 Å². The zero-order valence-electron chi connectivity index (χ0n) is 11.5. The molecule has 0 saturated carbocycles. The molecule has 0 aromatic heterocycles.